The van der Waals surface area contributed by atoms with Crippen LogP contribution >= 0.6 is 15.9 Å². The number of aromatic hydroxyl groups is 1. The second-order valence-electron chi connectivity index (χ2n) is 4.79. The van der Waals surface area contributed by atoms with Crippen LogP contribution in [0.15, 0.2) is 16.6 Å². The number of phenols is 1. The molecule has 0 aliphatic carbocycles. The van der Waals surface area contributed by atoms with E-state index in [1.165, 1.54) is 12.1 Å². The number of carboxylic acids is 1. The first-order valence-electron chi connectivity index (χ1n) is 5.33. The topological polar surface area (TPSA) is 104 Å². The lowest BCUT2D eigenvalue weighted by atomic mass is 9.81. The predicted octanol–water partition coefficient (Wildman–Crippen LogP) is 1.87. The van der Waals surface area contributed by atoms with E-state index in [1.54, 1.807) is 13.8 Å². The maximum Gasteiger partial charge on any atom is 0.339 e. The van der Waals surface area contributed by atoms with E-state index in [0.29, 0.717) is 4.47 Å². The average Bonchev–Trinajstić information content (AvgIpc) is 2.28. The van der Waals surface area contributed by atoms with Gasteiger partial charge in [-0.2, -0.15) is 0 Å². The standard InChI is InChI=1S/C12H16BrNO4/c1-12(2,5-15)10(14)8-7(13)4-3-6(9(8)16)11(17)18/h3-4,10,15-16H,5,14H2,1-2H3,(H,17,18)/t10-/m0/s1. The summed E-state index contributed by atoms with van der Waals surface area (Å²) < 4.78 is 0.513. The summed E-state index contributed by atoms with van der Waals surface area (Å²) in [5, 5.41) is 28.2. The van der Waals surface area contributed by atoms with E-state index in [1.807, 2.05) is 0 Å². The fourth-order valence-electron chi connectivity index (χ4n) is 1.54. The van der Waals surface area contributed by atoms with Crippen molar-refractivity contribution in [2.24, 2.45) is 11.1 Å². The van der Waals surface area contributed by atoms with Crippen LogP contribution < -0.4 is 5.73 Å². The summed E-state index contributed by atoms with van der Waals surface area (Å²) in [5.41, 5.74) is 5.40. The molecule has 1 atom stereocenters. The number of benzene rings is 1. The van der Waals surface area contributed by atoms with E-state index >= 15 is 0 Å². The first-order chi connectivity index (χ1) is 8.22. The molecule has 0 amide bonds. The maximum atomic E-state index is 11.0. The fourth-order valence-corrected chi connectivity index (χ4v) is 2.11. The molecule has 0 fully saturated rings. The highest BCUT2D eigenvalue weighted by Crippen LogP contribution is 2.41. The van der Waals surface area contributed by atoms with Crippen LogP contribution in [0.4, 0.5) is 0 Å². The first kappa shape index (κ1) is 14.9. The molecule has 18 heavy (non-hydrogen) atoms. The summed E-state index contributed by atoms with van der Waals surface area (Å²) in [6.45, 7) is 3.28. The summed E-state index contributed by atoms with van der Waals surface area (Å²) in [5.74, 6) is -1.60. The molecule has 5 nitrogen and oxygen atoms in total. The van der Waals surface area contributed by atoms with Crippen LogP contribution in [0.3, 0.4) is 0 Å². The van der Waals surface area contributed by atoms with Gasteiger partial charge in [0.1, 0.15) is 11.3 Å². The van der Waals surface area contributed by atoms with Crippen LogP contribution in [0.1, 0.15) is 35.8 Å². The molecule has 100 valence electrons. The number of carboxylic acid groups (broad SMARTS) is 1. The molecule has 0 heterocycles. The molecule has 0 radical (unpaired) electrons. The van der Waals surface area contributed by atoms with Gasteiger partial charge in [0.15, 0.2) is 0 Å². The number of aliphatic hydroxyl groups excluding tert-OH is 1. The lowest BCUT2D eigenvalue weighted by molar-refractivity contribution is 0.0693. The van der Waals surface area contributed by atoms with Gasteiger partial charge in [-0.05, 0) is 12.1 Å². The third-order valence-electron chi connectivity index (χ3n) is 2.95. The third-order valence-corrected chi connectivity index (χ3v) is 3.65. The number of halogens is 1. The highest BCUT2D eigenvalue weighted by atomic mass is 79.9. The molecule has 5 N–H and O–H groups in total. The van der Waals surface area contributed by atoms with Crippen molar-refractivity contribution in [2.75, 3.05) is 6.61 Å². The molecule has 0 saturated heterocycles. The van der Waals surface area contributed by atoms with Crippen molar-refractivity contribution in [3.8, 4) is 5.75 Å². The van der Waals surface area contributed by atoms with Gasteiger partial charge in [-0.15, -0.1) is 0 Å². The van der Waals surface area contributed by atoms with Crippen LogP contribution in [0, 0.1) is 5.41 Å². The minimum Gasteiger partial charge on any atom is -0.507 e. The summed E-state index contributed by atoms with van der Waals surface area (Å²) in [6.07, 6.45) is 0. The molecule has 1 aromatic rings. The highest BCUT2D eigenvalue weighted by Gasteiger charge is 2.32. The van der Waals surface area contributed by atoms with Crippen LogP contribution in [0.2, 0.25) is 0 Å². The van der Waals surface area contributed by atoms with Crippen LogP contribution in [0.5, 0.6) is 5.75 Å². The molecule has 6 heteroatoms. The maximum absolute atomic E-state index is 11.0. The van der Waals surface area contributed by atoms with E-state index in [4.69, 9.17) is 10.8 Å². The second-order valence-corrected chi connectivity index (χ2v) is 5.64. The van der Waals surface area contributed by atoms with Crippen LogP contribution in [-0.4, -0.2) is 27.9 Å². The molecular formula is C12H16BrNO4. The van der Waals surface area contributed by atoms with Crippen molar-refractivity contribution in [1.29, 1.82) is 0 Å². The Kier molecular flexibility index (Phi) is 4.37. The summed E-state index contributed by atoms with van der Waals surface area (Å²) >= 11 is 3.24. The molecule has 0 unspecified atom stereocenters. The van der Waals surface area contributed by atoms with Gasteiger partial charge in [0.2, 0.25) is 0 Å². The predicted molar refractivity (Wildman–Crippen MR) is 70.6 cm³/mol. The van der Waals surface area contributed by atoms with E-state index in [0.717, 1.165) is 0 Å². The molecule has 0 saturated carbocycles. The number of hydrogen-bond acceptors (Lipinski definition) is 4. The molecule has 0 bridgehead atoms. The number of aliphatic hydroxyl groups is 1. The quantitative estimate of drug-likeness (QED) is 0.678. The van der Waals surface area contributed by atoms with Gasteiger partial charge in [0, 0.05) is 28.1 Å². The van der Waals surface area contributed by atoms with Gasteiger partial charge in [-0.25, -0.2) is 4.79 Å². The lowest BCUT2D eigenvalue weighted by Gasteiger charge is -2.31. The van der Waals surface area contributed by atoms with Gasteiger partial charge >= 0.3 is 5.97 Å². The van der Waals surface area contributed by atoms with Crippen LogP contribution in [-0.2, 0) is 0 Å². The van der Waals surface area contributed by atoms with Crippen molar-refractivity contribution in [3.63, 3.8) is 0 Å². The largest absolute Gasteiger partial charge is 0.507 e. The van der Waals surface area contributed by atoms with Gasteiger partial charge in [-0.1, -0.05) is 29.8 Å². The van der Waals surface area contributed by atoms with E-state index in [2.05, 4.69) is 15.9 Å². The second kappa shape index (κ2) is 5.26. The van der Waals surface area contributed by atoms with Crippen molar-refractivity contribution < 1.29 is 20.1 Å². The lowest BCUT2D eigenvalue weighted by Crippen LogP contribution is -2.33. The Labute approximate surface area is 113 Å². The fraction of sp³-hybridized carbons (Fsp3) is 0.417. The smallest absolute Gasteiger partial charge is 0.339 e. The first-order valence-corrected chi connectivity index (χ1v) is 6.12. The Bertz CT molecular complexity index is 473. The highest BCUT2D eigenvalue weighted by molar-refractivity contribution is 9.10. The average molecular weight is 318 g/mol. The number of rotatable bonds is 4. The Morgan fingerprint density at radius 1 is 1.50 bits per heavy atom. The minimum absolute atomic E-state index is 0.183. The Hall–Kier alpha value is -1.11. The van der Waals surface area contributed by atoms with E-state index in [9.17, 15) is 15.0 Å². The Morgan fingerprint density at radius 3 is 2.50 bits per heavy atom. The Balaban J connectivity index is 3.40. The molecule has 0 aliphatic heterocycles. The minimum atomic E-state index is -1.23. The molecule has 1 rings (SSSR count). The molecule has 0 aliphatic rings. The van der Waals surface area contributed by atoms with Crippen molar-refractivity contribution in [3.05, 3.63) is 27.7 Å². The van der Waals surface area contributed by atoms with Crippen LogP contribution in [0.25, 0.3) is 0 Å². The zero-order valence-electron chi connectivity index (χ0n) is 10.1. The zero-order valence-corrected chi connectivity index (χ0v) is 11.7. The van der Waals surface area contributed by atoms with Gasteiger partial charge < -0.3 is 21.1 Å². The normalized spacial score (nSPS) is 13.4. The zero-order chi connectivity index (χ0) is 14.1. The molecule has 0 spiro atoms. The number of nitrogens with two attached hydrogens (primary N) is 1. The molecular weight excluding hydrogens is 302 g/mol. The summed E-state index contributed by atoms with van der Waals surface area (Å²) in [4.78, 5) is 11.0. The Morgan fingerprint density at radius 2 is 2.06 bits per heavy atom. The molecule has 1 aromatic carbocycles. The monoisotopic (exact) mass is 317 g/mol. The van der Waals surface area contributed by atoms with Crippen molar-refractivity contribution >= 4 is 21.9 Å². The molecule has 0 aromatic heterocycles. The summed E-state index contributed by atoms with van der Waals surface area (Å²) in [6, 6.07) is 2.12. The third kappa shape index (κ3) is 2.66. The number of hydrogen-bond donors (Lipinski definition) is 4. The van der Waals surface area contributed by atoms with Gasteiger partial charge in [0.05, 0.1) is 0 Å². The van der Waals surface area contributed by atoms with E-state index < -0.39 is 17.4 Å². The van der Waals surface area contributed by atoms with Crippen molar-refractivity contribution in [2.45, 2.75) is 19.9 Å². The van der Waals surface area contributed by atoms with Crippen molar-refractivity contribution in [1.82, 2.24) is 0 Å². The number of aromatic carboxylic acids is 1. The van der Waals surface area contributed by atoms with E-state index in [-0.39, 0.29) is 23.5 Å². The SMILES string of the molecule is CC(C)(CO)[C@@H](N)c1c(Br)ccc(C(=O)O)c1O. The van der Waals surface area contributed by atoms with Gasteiger partial charge in [0.25, 0.3) is 0 Å². The summed E-state index contributed by atoms with van der Waals surface area (Å²) in [7, 11) is 0. The number of carbonyl (C=O) groups is 1. The van der Waals surface area contributed by atoms with Gasteiger partial charge in [-0.3, -0.25) is 0 Å².